The van der Waals surface area contributed by atoms with Crippen LogP contribution < -0.4 is 11.5 Å². The largest absolute Gasteiger partial charge is 0.399 e. The van der Waals surface area contributed by atoms with Crippen LogP contribution in [0.1, 0.15) is 44.1 Å². The second kappa shape index (κ2) is 4.64. The molecular formula is C17H25ClN2. The Morgan fingerprint density at radius 1 is 1.00 bits per heavy atom. The molecule has 0 heterocycles. The first kappa shape index (κ1) is 14.2. The van der Waals surface area contributed by atoms with E-state index in [9.17, 15) is 0 Å². The number of nitrogens with two attached hydrogens (primary N) is 2. The smallest absolute Gasteiger partial charge is 0.0314 e. The van der Waals surface area contributed by atoms with E-state index in [1.807, 2.05) is 0 Å². The zero-order valence-corrected chi connectivity index (χ0v) is 12.8. The monoisotopic (exact) mass is 292 g/mol. The van der Waals surface area contributed by atoms with E-state index in [1.54, 1.807) is 0 Å². The van der Waals surface area contributed by atoms with Gasteiger partial charge < -0.3 is 11.5 Å². The number of rotatable bonds is 2. The number of hydrogen-bond donors (Lipinski definition) is 2. The Kier molecular flexibility index (Phi) is 3.30. The highest BCUT2D eigenvalue weighted by Crippen LogP contribution is 2.65. The second-order valence-electron chi connectivity index (χ2n) is 7.57. The molecule has 1 aromatic carbocycles. The SMILES string of the molecule is Cl.NCC12CC3CC(C1)CC(c1ccc(N)cc1)(C3)C2. The third-order valence-corrected chi connectivity index (χ3v) is 6.14. The zero-order valence-electron chi connectivity index (χ0n) is 12.0. The van der Waals surface area contributed by atoms with Gasteiger partial charge in [-0.15, -0.1) is 12.4 Å². The van der Waals surface area contributed by atoms with Gasteiger partial charge in [-0.2, -0.15) is 0 Å². The van der Waals surface area contributed by atoms with Gasteiger partial charge in [0.2, 0.25) is 0 Å². The maximum atomic E-state index is 6.17. The summed E-state index contributed by atoms with van der Waals surface area (Å²) < 4.78 is 0. The van der Waals surface area contributed by atoms with Crippen molar-refractivity contribution >= 4 is 18.1 Å². The molecule has 4 saturated carbocycles. The van der Waals surface area contributed by atoms with Crippen LogP contribution in [0.5, 0.6) is 0 Å². The lowest BCUT2D eigenvalue weighted by atomic mass is 9.43. The molecule has 2 unspecified atom stereocenters. The molecule has 2 nitrogen and oxygen atoms in total. The molecule has 0 spiro atoms. The predicted octanol–water partition coefficient (Wildman–Crippen LogP) is 3.49. The highest BCUT2D eigenvalue weighted by atomic mass is 35.5. The third-order valence-electron chi connectivity index (χ3n) is 6.14. The fourth-order valence-corrected chi connectivity index (χ4v) is 5.87. The van der Waals surface area contributed by atoms with Gasteiger partial charge in [-0.1, -0.05) is 12.1 Å². The van der Waals surface area contributed by atoms with E-state index in [0.717, 1.165) is 24.1 Å². The molecule has 0 aliphatic heterocycles. The second-order valence-corrected chi connectivity index (χ2v) is 7.57. The van der Waals surface area contributed by atoms with Crippen LogP contribution >= 0.6 is 12.4 Å². The van der Waals surface area contributed by atoms with E-state index < -0.39 is 0 Å². The van der Waals surface area contributed by atoms with Crippen LogP contribution in [-0.2, 0) is 5.41 Å². The van der Waals surface area contributed by atoms with Crippen molar-refractivity contribution in [2.75, 3.05) is 12.3 Å². The van der Waals surface area contributed by atoms with Crippen molar-refractivity contribution in [1.29, 1.82) is 0 Å². The van der Waals surface area contributed by atoms with Crippen LogP contribution in [0.15, 0.2) is 24.3 Å². The van der Waals surface area contributed by atoms with E-state index in [0.29, 0.717) is 10.8 Å². The van der Waals surface area contributed by atoms with Gasteiger partial charge in [0.05, 0.1) is 0 Å². The predicted molar refractivity (Wildman–Crippen MR) is 85.9 cm³/mol. The minimum atomic E-state index is 0. The minimum Gasteiger partial charge on any atom is -0.399 e. The molecule has 4 N–H and O–H groups in total. The number of halogens is 1. The van der Waals surface area contributed by atoms with Gasteiger partial charge in [0, 0.05) is 5.69 Å². The highest BCUT2D eigenvalue weighted by molar-refractivity contribution is 5.85. The third kappa shape index (κ3) is 1.96. The maximum Gasteiger partial charge on any atom is 0.0314 e. The van der Waals surface area contributed by atoms with Crippen LogP contribution in [0.3, 0.4) is 0 Å². The Morgan fingerprint density at radius 2 is 1.60 bits per heavy atom. The summed E-state index contributed by atoms with van der Waals surface area (Å²) in [6, 6.07) is 8.69. The first-order chi connectivity index (χ1) is 9.13. The molecule has 3 heteroatoms. The molecule has 0 saturated heterocycles. The molecule has 0 aromatic heterocycles. The normalized spacial score (nSPS) is 41.5. The van der Waals surface area contributed by atoms with Crippen LogP contribution in [0.2, 0.25) is 0 Å². The summed E-state index contributed by atoms with van der Waals surface area (Å²) in [5, 5.41) is 0. The summed E-state index contributed by atoms with van der Waals surface area (Å²) in [6.45, 7) is 0.886. The first-order valence-electron chi connectivity index (χ1n) is 7.69. The summed E-state index contributed by atoms with van der Waals surface area (Å²) in [4.78, 5) is 0. The molecule has 2 atom stereocenters. The fraction of sp³-hybridized carbons (Fsp3) is 0.647. The fourth-order valence-electron chi connectivity index (χ4n) is 5.87. The van der Waals surface area contributed by atoms with Crippen molar-refractivity contribution in [1.82, 2.24) is 0 Å². The summed E-state index contributed by atoms with van der Waals surface area (Å²) in [5.74, 6) is 1.84. The lowest BCUT2D eigenvalue weighted by Crippen LogP contribution is -2.56. The van der Waals surface area contributed by atoms with Gasteiger partial charge in [-0.25, -0.2) is 0 Å². The molecule has 4 bridgehead atoms. The van der Waals surface area contributed by atoms with Crippen molar-refractivity contribution in [3.05, 3.63) is 29.8 Å². The van der Waals surface area contributed by atoms with E-state index >= 15 is 0 Å². The van der Waals surface area contributed by atoms with Crippen LogP contribution in [-0.4, -0.2) is 6.54 Å². The Morgan fingerprint density at radius 3 is 2.15 bits per heavy atom. The van der Waals surface area contributed by atoms with Crippen molar-refractivity contribution in [3.63, 3.8) is 0 Å². The first-order valence-corrected chi connectivity index (χ1v) is 7.69. The van der Waals surface area contributed by atoms with E-state index in [4.69, 9.17) is 11.5 Å². The molecule has 4 aliphatic carbocycles. The summed E-state index contributed by atoms with van der Waals surface area (Å²) in [7, 11) is 0. The zero-order chi connectivity index (χ0) is 13.1. The Bertz CT molecular complexity index is 482. The molecule has 5 rings (SSSR count). The van der Waals surface area contributed by atoms with Gasteiger partial charge in [0.25, 0.3) is 0 Å². The van der Waals surface area contributed by atoms with Gasteiger partial charge in [0.1, 0.15) is 0 Å². The van der Waals surface area contributed by atoms with Crippen molar-refractivity contribution in [2.24, 2.45) is 23.0 Å². The molecule has 0 amide bonds. The quantitative estimate of drug-likeness (QED) is 0.820. The Balaban J connectivity index is 0.00000121. The van der Waals surface area contributed by atoms with Crippen LogP contribution in [0.4, 0.5) is 5.69 Å². The molecule has 4 fully saturated rings. The lowest BCUT2D eigenvalue weighted by molar-refractivity contribution is -0.0666. The topological polar surface area (TPSA) is 52.0 Å². The van der Waals surface area contributed by atoms with Gasteiger partial charge in [-0.3, -0.25) is 0 Å². The van der Waals surface area contributed by atoms with E-state index in [2.05, 4.69) is 24.3 Å². The lowest BCUT2D eigenvalue weighted by Gasteiger charge is -2.62. The molecule has 1 aromatic rings. The van der Waals surface area contributed by atoms with Crippen molar-refractivity contribution in [2.45, 2.75) is 43.9 Å². The van der Waals surface area contributed by atoms with Crippen molar-refractivity contribution < 1.29 is 0 Å². The number of anilines is 1. The van der Waals surface area contributed by atoms with Gasteiger partial charge in [0.15, 0.2) is 0 Å². The Labute approximate surface area is 127 Å². The van der Waals surface area contributed by atoms with E-state index in [-0.39, 0.29) is 12.4 Å². The van der Waals surface area contributed by atoms with Crippen LogP contribution in [0.25, 0.3) is 0 Å². The molecule has 0 radical (unpaired) electrons. The number of benzene rings is 1. The molecular weight excluding hydrogens is 268 g/mol. The van der Waals surface area contributed by atoms with Gasteiger partial charge >= 0.3 is 0 Å². The average molecular weight is 293 g/mol. The van der Waals surface area contributed by atoms with Gasteiger partial charge in [-0.05, 0) is 85.4 Å². The summed E-state index contributed by atoms with van der Waals surface area (Å²) in [5.41, 5.74) is 15.3. The maximum absolute atomic E-state index is 6.17. The van der Waals surface area contributed by atoms with Crippen LogP contribution in [0, 0.1) is 17.3 Å². The summed E-state index contributed by atoms with van der Waals surface area (Å²) >= 11 is 0. The Hall–Kier alpha value is -0.730. The standard InChI is InChI=1S/C17H24N2.ClH/c18-11-16-6-12-5-13(7-16)9-17(8-12,10-16)14-1-3-15(19)4-2-14;/h1-4,12-13H,5-11,18-19H2;1H. The number of hydrogen-bond acceptors (Lipinski definition) is 2. The van der Waals surface area contributed by atoms with Crippen molar-refractivity contribution in [3.8, 4) is 0 Å². The van der Waals surface area contributed by atoms with E-state index in [1.165, 1.54) is 44.1 Å². The highest BCUT2D eigenvalue weighted by Gasteiger charge is 2.57. The summed E-state index contributed by atoms with van der Waals surface area (Å²) in [6.07, 6.45) is 8.31. The average Bonchev–Trinajstić information content (AvgIpc) is 2.38. The minimum absolute atomic E-state index is 0. The molecule has 4 aliphatic rings. The molecule has 110 valence electrons. The molecule has 20 heavy (non-hydrogen) atoms. The number of nitrogen functional groups attached to an aromatic ring is 1.